The first-order valence-electron chi connectivity index (χ1n) is 16.4. The molecule has 14 heteroatoms. The predicted octanol–water partition coefficient (Wildman–Crippen LogP) is 6.49. The van der Waals surface area contributed by atoms with Gasteiger partial charge in [0.1, 0.15) is 17.1 Å². The summed E-state index contributed by atoms with van der Waals surface area (Å²) in [6.45, 7) is 16.4. The number of anilines is 2. The van der Waals surface area contributed by atoms with Crippen molar-refractivity contribution in [3.63, 3.8) is 0 Å². The van der Waals surface area contributed by atoms with Crippen molar-refractivity contribution in [2.75, 3.05) is 49.6 Å². The van der Waals surface area contributed by atoms with Gasteiger partial charge in [0.25, 0.3) is 5.91 Å². The number of hydrogen-bond donors (Lipinski definition) is 2. The molecule has 0 unspecified atom stereocenters. The van der Waals surface area contributed by atoms with Gasteiger partial charge in [0.15, 0.2) is 5.75 Å². The van der Waals surface area contributed by atoms with Gasteiger partial charge in [0.2, 0.25) is 10.0 Å². The molecule has 50 heavy (non-hydrogen) atoms. The van der Waals surface area contributed by atoms with Gasteiger partial charge in [-0.15, -0.1) is 5.06 Å². The van der Waals surface area contributed by atoms with Crippen LogP contribution in [0.4, 0.5) is 16.2 Å². The van der Waals surface area contributed by atoms with Crippen LogP contribution in [0.3, 0.4) is 0 Å². The van der Waals surface area contributed by atoms with Gasteiger partial charge in [-0.1, -0.05) is 26.8 Å². The Labute approximate surface area is 295 Å². The van der Waals surface area contributed by atoms with Crippen molar-refractivity contribution in [2.45, 2.75) is 72.4 Å². The molecule has 13 nitrogen and oxygen atoms in total. The lowest BCUT2D eigenvalue weighted by Crippen LogP contribution is -2.35. The van der Waals surface area contributed by atoms with Crippen molar-refractivity contribution in [1.82, 2.24) is 14.9 Å². The summed E-state index contributed by atoms with van der Waals surface area (Å²) in [5.74, 6) is 0.828. The summed E-state index contributed by atoms with van der Waals surface area (Å²) in [7, 11) is -2.21. The van der Waals surface area contributed by atoms with Crippen LogP contribution >= 0.6 is 0 Å². The van der Waals surface area contributed by atoms with Gasteiger partial charge < -0.3 is 24.4 Å². The molecule has 1 aromatic heterocycles. The summed E-state index contributed by atoms with van der Waals surface area (Å²) in [5.41, 5.74) is 2.34. The van der Waals surface area contributed by atoms with Crippen molar-refractivity contribution >= 4 is 33.5 Å². The van der Waals surface area contributed by atoms with Gasteiger partial charge in [0, 0.05) is 44.0 Å². The lowest BCUT2D eigenvalue weighted by Gasteiger charge is -2.24. The summed E-state index contributed by atoms with van der Waals surface area (Å²) < 4.78 is 43.8. The Morgan fingerprint density at radius 3 is 2.32 bits per heavy atom. The van der Waals surface area contributed by atoms with E-state index in [1.807, 2.05) is 33.8 Å². The molecule has 0 radical (unpaired) electrons. The van der Waals surface area contributed by atoms with Crippen molar-refractivity contribution in [3.05, 3.63) is 71.0 Å². The number of carbonyl (C=O) groups is 2. The van der Waals surface area contributed by atoms with Gasteiger partial charge in [0.05, 0.1) is 30.4 Å². The van der Waals surface area contributed by atoms with Crippen LogP contribution in [0.15, 0.2) is 48.7 Å². The number of amides is 1. The van der Waals surface area contributed by atoms with Crippen LogP contribution in [0.1, 0.15) is 75.1 Å². The molecule has 2 heterocycles. The minimum atomic E-state index is -3.62. The zero-order chi connectivity index (χ0) is 36.9. The number of nitrogens with zero attached hydrogens (tertiary/aromatic N) is 3. The number of benzene rings is 2. The van der Waals surface area contributed by atoms with Gasteiger partial charge in [-0.05, 0) is 87.5 Å². The Hall–Kier alpha value is -4.40. The van der Waals surface area contributed by atoms with Crippen molar-refractivity contribution in [3.8, 4) is 17.2 Å². The summed E-state index contributed by atoms with van der Waals surface area (Å²) in [4.78, 5) is 37.9. The van der Waals surface area contributed by atoms with E-state index in [9.17, 15) is 18.0 Å². The van der Waals surface area contributed by atoms with E-state index < -0.39 is 27.7 Å². The maximum absolute atomic E-state index is 13.6. The third kappa shape index (κ3) is 11.3. The van der Waals surface area contributed by atoms with Crippen LogP contribution in [0.25, 0.3) is 0 Å². The first-order chi connectivity index (χ1) is 23.3. The molecule has 3 aromatic rings. The van der Waals surface area contributed by atoms with Crippen LogP contribution in [-0.4, -0.2) is 80.6 Å². The highest BCUT2D eigenvalue weighted by atomic mass is 32.2. The average molecular weight is 712 g/mol. The number of pyridine rings is 1. The summed E-state index contributed by atoms with van der Waals surface area (Å²) in [5, 5.41) is 4.54. The molecular weight excluding hydrogens is 662 g/mol. The number of rotatable bonds is 10. The van der Waals surface area contributed by atoms with Crippen LogP contribution < -0.4 is 19.5 Å². The highest BCUT2D eigenvalue weighted by molar-refractivity contribution is 7.92. The molecular formula is C36H49N5O8S. The number of ether oxygens (including phenoxy) is 3. The monoisotopic (exact) mass is 711 g/mol. The molecule has 0 aliphatic carbocycles. The Kier molecular flexibility index (Phi) is 12.0. The number of nitrogens with one attached hydrogen (secondary N) is 2. The smallest absolute Gasteiger partial charge is 0.492 e. The normalized spacial score (nSPS) is 14.7. The number of sulfonamides is 1. The average Bonchev–Trinajstić information content (AvgIpc) is 3.20. The zero-order valence-corrected chi connectivity index (χ0v) is 31.2. The fraction of sp³-hybridized carbons (Fsp3) is 0.472. The highest BCUT2D eigenvalue weighted by Crippen LogP contribution is 2.39. The van der Waals surface area contributed by atoms with E-state index in [4.69, 9.17) is 19.0 Å². The standard InChI is InChI=1S/C36H49N5O8S/c1-24-11-12-25(33(42)38-29-20-26(35(2,3)4)21-30(32(29)46-8)39-50(9,44)45)19-31(24)47-28-13-14-37-27(22-28)23-40-15-10-16-41(18-17-40)49-34(43)48-36(5,6)7/h11-14,19-22,39H,10,15-18,23H2,1-9H3,(H,38,42). The minimum Gasteiger partial charge on any atom is -0.492 e. The van der Waals surface area contributed by atoms with E-state index in [1.54, 1.807) is 68.4 Å². The maximum atomic E-state index is 13.6. The molecule has 2 N–H and O–H groups in total. The molecule has 1 saturated heterocycles. The lowest BCUT2D eigenvalue weighted by atomic mass is 9.86. The molecule has 1 amide bonds. The van der Waals surface area contributed by atoms with E-state index in [-0.39, 0.29) is 16.9 Å². The van der Waals surface area contributed by atoms with E-state index >= 15 is 0 Å². The van der Waals surface area contributed by atoms with E-state index in [0.29, 0.717) is 48.9 Å². The number of methoxy groups -OCH3 is 1. The van der Waals surface area contributed by atoms with Crippen LogP contribution in [0.2, 0.25) is 0 Å². The van der Waals surface area contributed by atoms with Crippen molar-refractivity contribution < 1.29 is 37.1 Å². The van der Waals surface area contributed by atoms with Crippen LogP contribution in [-0.2, 0) is 31.6 Å². The summed E-state index contributed by atoms with van der Waals surface area (Å²) >= 11 is 0. The molecule has 1 aliphatic rings. The molecule has 2 aromatic carbocycles. The fourth-order valence-electron chi connectivity index (χ4n) is 5.23. The van der Waals surface area contributed by atoms with E-state index in [2.05, 4.69) is 19.9 Å². The molecule has 272 valence electrons. The first kappa shape index (κ1) is 38.4. The molecule has 0 atom stereocenters. The Morgan fingerprint density at radius 1 is 0.940 bits per heavy atom. The second-order valence-electron chi connectivity index (χ2n) is 14.4. The molecule has 0 bridgehead atoms. The first-order valence-corrected chi connectivity index (χ1v) is 18.3. The Morgan fingerprint density at radius 2 is 1.66 bits per heavy atom. The number of aryl methyl sites for hydroxylation is 1. The molecule has 1 aliphatic heterocycles. The second-order valence-corrected chi connectivity index (χ2v) is 16.1. The van der Waals surface area contributed by atoms with Gasteiger partial charge >= 0.3 is 6.16 Å². The largest absolute Gasteiger partial charge is 0.528 e. The fourth-order valence-corrected chi connectivity index (χ4v) is 5.78. The minimum absolute atomic E-state index is 0.192. The topological polar surface area (TPSA) is 149 Å². The Balaban J connectivity index is 1.47. The molecule has 0 spiro atoms. The number of hydrogen-bond acceptors (Lipinski definition) is 11. The third-order valence-electron chi connectivity index (χ3n) is 7.70. The van der Waals surface area contributed by atoms with E-state index in [0.717, 1.165) is 36.0 Å². The zero-order valence-electron chi connectivity index (χ0n) is 30.4. The highest BCUT2D eigenvalue weighted by Gasteiger charge is 2.25. The van der Waals surface area contributed by atoms with E-state index in [1.165, 1.54) is 7.11 Å². The third-order valence-corrected chi connectivity index (χ3v) is 8.29. The number of hydroxylamine groups is 2. The molecule has 4 rings (SSSR count). The number of carbonyl (C=O) groups excluding carboxylic acids is 2. The maximum Gasteiger partial charge on any atom is 0.528 e. The SMILES string of the molecule is COc1c(NC(=O)c2ccc(C)c(Oc3ccnc(CN4CCCN(OC(=O)OC(C)(C)C)CC4)c3)c2)cc(C(C)(C)C)cc1NS(C)(=O)=O. The summed E-state index contributed by atoms with van der Waals surface area (Å²) in [6, 6.07) is 12.3. The summed E-state index contributed by atoms with van der Waals surface area (Å²) in [6.07, 6.45) is 2.83. The lowest BCUT2D eigenvalue weighted by molar-refractivity contribution is -0.140. The van der Waals surface area contributed by atoms with Gasteiger partial charge in [-0.25, -0.2) is 13.2 Å². The van der Waals surface area contributed by atoms with Crippen LogP contribution in [0, 0.1) is 6.92 Å². The van der Waals surface area contributed by atoms with Crippen molar-refractivity contribution in [1.29, 1.82) is 0 Å². The quantitative estimate of drug-likeness (QED) is 0.223. The predicted molar refractivity (Wildman–Crippen MR) is 192 cm³/mol. The van der Waals surface area contributed by atoms with Crippen LogP contribution in [0.5, 0.6) is 17.2 Å². The van der Waals surface area contributed by atoms with Gasteiger partial charge in [-0.3, -0.25) is 19.4 Å². The van der Waals surface area contributed by atoms with Crippen molar-refractivity contribution in [2.24, 2.45) is 0 Å². The Bertz CT molecular complexity index is 1800. The van der Waals surface area contributed by atoms with Gasteiger partial charge in [-0.2, -0.15) is 0 Å². The second kappa shape index (κ2) is 15.7. The molecule has 1 fully saturated rings. The molecule has 0 saturated carbocycles. The number of aromatic nitrogens is 1.